The topological polar surface area (TPSA) is 69.7 Å². The zero-order valence-electron chi connectivity index (χ0n) is 10.3. The molecule has 19 heavy (non-hydrogen) atoms. The molecule has 3 aliphatic rings. The highest BCUT2D eigenvalue weighted by molar-refractivity contribution is 6.66. The summed E-state index contributed by atoms with van der Waals surface area (Å²) in [5.74, 6) is -1.38. The Labute approximate surface area is 114 Å². The van der Waals surface area contributed by atoms with Crippen molar-refractivity contribution in [2.24, 2.45) is 17.3 Å². The van der Waals surface area contributed by atoms with Crippen molar-refractivity contribution in [3.05, 3.63) is 12.2 Å². The van der Waals surface area contributed by atoms with Crippen LogP contribution in [0.4, 0.5) is 0 Å². The molecule has 6 heteroatoms. The Bertz CT molecular complexity index is 513. The van der Waals surface area contributed by atoms with E-state index in [1.165, 1.54) is 0 Å². The van der Waals surface area contributed by atoms with E-state index in [4.69, 9.17) is 21.1 Å². The Morgan fingerprint density at radius 2 is 2.21 bits per heavy atom. The summed E-state index contributed by atoms with van der Waals surface area (Å²) in [6.45, 7) is 5.08. The number of ether oxygens (including phenoxy) is 2. The first-order valence-electron chi connectivity index (χ1n) is 6.15. The van der Waals surface area contributed by atoms with Gasteiger partial charge in [0.2, 0.25) is 5.24 Å². The van der Waals surface area contributed by atoms with Crippen LogP contribution >= 0.6 is 11.6 Å². The minimum Gasteiger partial charge on any atom is -0.457 e. The van der Waals surface area contributed by atoms with Crippen molar-refractivity contribution >= 4 is 28.8 Å². The van der Waals surface area contributed by atoms with E-state index in [9.17, 15) is 14.4 Å². The molecule has 0 amide bonds. The van der Waals surface area contributed by atoms with Gasteiger partial charge in [-0.3, -0.25) is 9.59 Å². The van der Waals surface area contributed by atoms with Crippen molar-refractivity contribution in [3.63, 3.8) is 0 Å². The molecule has 1 saturated heterocycles. The summed E-state index contributed by atoms with van der Waals surface area (Å²) in [7, 11) is 0. The summed E-state index contributed by atoms with van der Waals surface area (Å²) in [6.07, 6.45) is -0.0889. The van der Waals surface area contributed by atoms with E-state index in [-0.39, 0.29) is 11.8 Å². The zero-order chi connectivity index (χ0) is 13.9. The number of fused-ring (bicyclic) bond motifs is 1. The Morgan fingerprint density at radius 3 is 2.79 bits per heavy atom. The minimum absolute atomic E-state index is 0.0487. The third-order valence-electron chi connectivity index (χ3n) is 4.51. The van der Waals surface area contributed by atoms with Crippen LogP contribution in [0.3, 0.4) is 0 Å². The van der Waals surface area contributed by atoms with E-state index in [2.05, 4.69) is 6.58 Å². The summed E-state index contributed by atoms with van der Waals surface area (Å²) in [5.41, 5.74) is -0.907. The summed E-state index contributed by atoms with van der Waals surface area (Å²) in [6, 6.07) is 0. The third kappa shape index (κ3) is 1.45. The normalized spacial score (nSPS) is 42.1. The summed E-state index contributed by atoms with van der Waals surface area (Å²) >= 11 is 5.60. The highest BCUT2D eigenvalue weighted by Gasteiger charge is 2.74. The molecule has 1 heterocycles. The average molecular weight is 285 g/mol. The summed E-state index contributed by atoms with van der Waals surface area (Å²) in [4.78, 5) is 35.1. The van der Waals surface area contributed by atoms with Crippen LogP contribution in [-0.4, -0.2) is 29.4 Å². The molecule has 3 fully saturated rings. The van der Waals surface area contributed by atoms with Gasteiger partial charge < -0.3 is 9.47 Å². The molecule has 5 atom stereocenters. The lowest BCUT2D eigenvalue weighted by molar-refractivity contribution is -0.158. The molecule has 0 radical (unpaired) electrons. The van der Waals surface area contributed by atoms with Crippen molar-refractivity contribution < 1.29 is 23.9 Å². The standard InChI is InChI=1S/C13H13ClO5/c1-5(2)10(15)18-8-6-3-7-9(8)19-12(17)13(7,4-6)11(14)16/h6-9H,1,3-4H2,2H3. The largest absolute Gasteiger partial charge is 0.457 e. The third-order valence-corrected chi connectivity index (χ3v) is 4.85. The summed E-state index contributed by atoms with van der Waals surface area (Å²) < 4.78 is 10.6. The molecule has 1 aliphatic heterocycles. The van der Waals surface area contributed by atoms with Crippen LogP contribution in [-0.2, 0) is 23.9 Å². The number of hydrogen-bond donors (Lipinski definition) is 0. The molecular weight excluding hydrogens is 272 g/mol. The number of esters is 2. The van der Waals surface area contributed by atoms with Gasteiger partial charge in [0.05, 0.1) is 0 Å². The highest BCUT2D eigenvalue weighted by Crippen LogP contribution is 2.63. The molecule has 2 aliphatic carbocycles. The molecule has 5 nitrogen and oxygen atoms in total. The van der Waals surface area contributed by atoms with Gasteiger partial charge in [0, 0.05) is 17.4 Å². The average Bonchev–Trinajstić information content (AvgIpc) is 2.90. The maximum Gasteiger partial charge on any atom is 0.333 e. The monoisotopic (exact) mass is 284 g/mol. The predicted molar refractivity (Wildman–Crippen MR) is 64.1 cm³/mol. The molecule has 102 valence electrons. The highest BCUT2D eigenvalue weighted by atomic mass is 35.5. The van der Waals surface area contributed by atoms with Crippen molar-refractivity contribution in [1.82, 2.24) is 0 Å². The predicted octanol–water partition coefficient (Wildman–Crippen LogP) is 1.19. The molecule has 0 aromatic rings. The van der Waals surface area contributed by atoms with Crippen LogP contribution in [0.25, 0.3) is 0 Å². The minimum atomic E-state index is -1.21. The molecule has 0 spiro atoms. The van der Waals surface area contributed by atoms with Crippen LogP contribution in [0, 0.1) is 17.3 Å². The van der Waals surface area contributed by atoms with Crippen LogP contribution < -0.4 is 0 Å². The van der Waals surface area contributed by atoms with Gasteiger partial charge in [-0.25, -0.2) is 4.79 Å². The lowest BCUT2D eigenvalue weighted by Crippen LogP contribution is -2.43. The van der Waals surface area contributed by atoms with Crippen LogP contribution in [0.1, 0.15) is 19.8 Å². The Hall–Kier alpha value is -1.36. The van der Waals surface area contributed by atoms with Gasteiger partial charge in [-0.15, -0.1) is 0 Å². The van der Waals surface area contributed by atoms with E-state index in [1.807, 2.05) is 0 Å². The van der Waals surface area contributed by atoms with Crippen molar-refractivity contribution in [3.8, 4) is 0 Å². The van der Waals surface area contributed by atoms with Gasteiger partial charge in [-0.05, 0) is 31.4 Å². The Kier molecular flexibility index (Phi) is 2.55. The van der Waals surface area contributed by atoms with E-state index >= 15 is 0 Å². The second-order valence-electron chi connectivity index (χ2n) is 5.57. The fourth-order valence-corrected chi connectivity index (χ4v) is 3.94. The SMILES string of the molecule is C=C(C)C(=O)OC1C2CC3C1OC(=O)C3(C(=O)Cl)C2. The number of carbonyl (C=O) groups is 3. The quantitative estimate of drug-likeness (QED) is 0.337. The molecule has 3 rings (SSSR count). The van der Waals surface area contributed by atoms with Crippen molar-refractivity contribution in [2.45, 2.75) is 32.0 Å². The second-order valence-corrected chi connectivity index (χ2v) is 5.91. The maximum absolute atomic E-state index is 11.9. The lowest BCUT2D eigenvalue weighted by Gasteiger charge is -2.29. The van der Waals surface area contributed by atoms with Gasteiger partial charge in [0.25, 0.3) is 0 Å². The lowest BCUT2D eigenvalue weighted by atomic mass is 9.74. The zero-order valence-corrected chi connectivity index (χ0v) is 11.1. The maximum atomic E-state index is 11.9. The van der Waals surface area contributed by atoms with Gasteiger partial charge in [-0.2, -0.15) is 0 Å². The Morgan fingerprint density at radius 1 is 1.53 bits per heavy atom. The smallest absolute Gasteiger partial charge is 0.333 e. The van der Waals surface area contributed by atoms with E-state index in [0.717, 1.165) is 0 Å². The second kappa shape index (κ2) is 3.82. The first-order chi connectivity index (χ1) is 8.87. The first kappa shape index (κ1) is 12.7. The van der Waals surface area contributed by atoms with Gasteiger partial charge in [0.1, 0.15) is 17.6 Å². The van der Waals surface area contributed by atoms with Gasteiger partial charge in [-0.1, -0.05) is 6.58 Å². The van der Waals surface area contributed by atoms with Gasteiger partial charge in [0.15, 0.2) is 0 Å². The van der Waals surface area contributed by atoms with Crippen molar-refractivity contribution in [2.75, 3.05) is 0 Å². The van der Waals surface area contributed by atoms with E-state index < -0.39 is 34.8 Å². The summed E-state index contributed by atoms with van der Waals surface area (Å²) in [5, 5.41) is -0.655. The van der Waals surface area contributed by atoms with Crippen LogP contribution in [0.2, 0.25) is 0 Å². The molecule has 2 saturated carbocycles. The molecule has 0 aromatic heterocycles. The van der Waals surface area contributed by atoms with Crippen molar-refractivity contribution in [1.29, 1.82) is 0 Å². The molecule has 0 N–H and O–H groups in total. The molecule has 2 bridgehead atoms. The van der Waals surface area contributed by atoms with E-state index in [0.29, 0.717) is 18.4 Å². The van der Waals surface area contributed by atoms with Crippen LogP contribution in [0.15, 0.2) is 12.2 Å². The Balaban J connectivity index is 1.87. The van der Waals surface area contributed by atoms with Gasteiger partial charge >= 0.3 is 11.9 Å². The number of carbonyl (C=O) groups excluding carboxylic acids is 3. The van der Waals surface area contributed by atoms with Crippen LogP contribution in [0.5, 0.6) is 0 Å². The number of halogens is 1. The number of rotatable bonds is 3. The molecule has 0 aromatic carbocycles. The fourth-order valence-electron chi connectivity index (χ4n) is 3.64. The van der Waals surface area contributed by atoms with E-state index in [1.54, 1.807) is 6.92 Å². The fraction of sp³-hybridized carbons (Fsp3) is 0.615. The molecular formula is C13H13ClO5. The number of hydrogen-bond acceptors (Lipinski definition) is 5. The molecule has 5 unspecified atom stereocenters. The first-order valence-corrected chi connectivity index (χ1v) is 6.53.